The predicted octanol–water partition coefficient (Wildman–Crippen LogP) is 4.40. The number of hydrogen-bond acceptors (Lipinski definition) is 8. The van der Waals surface area contributed by atoms with Crippen LogP contribution in [0.2, 0.25) is 0 Å². The fourth-order valence-corrected chi connectivity index (χ4v) is 5.09. The van der Waals surface area contributed by atoms with Crippen molar-refractivity contribution >= 4 is 35.0 Å². The summed E-state index contributed by atoms with van der Waals surface area (Å²) in [5.74, 6) is 0.861. The molecule has 8 nitrogen and oxygen atoms in total. The normalized spacial score (nSPS) is 18.9. The van der Waals surface area contributed by atoms with Gasteiger partial charge in [0.15, 0.2) is 0 Å². The van der Waals surface area contributed by atoms with Gasteiger partial charge in [-0.25, -0.2) is 4.98 Å². The van der Waals surface area contributed by atoms with Gasteiger partial charge in [0.05, 0.1) is 17.9 Å². The summed E-state index contributed by atoms with van der Waals surface area (Å²) in [6, 6.07) is 7.91. The summed E-state index contributed by atoms with van der Waals surface area (Å²) in [6.45, 7) is 3.91. The Bertz CT molecular complexity index is 1030. The average Bonchev–Trinajstić information content (AvgIpc) is 3.55. The molecule has 0 unspecified atom stereocenters. The van der Waals surface area contributed by atoms with E-state index in [4.69, 9.17) is 9.84 Å². The number of anilines is 3. The molecule has 2 heterocycles. The highest BCUT2D eigenvalue weighted by atomic mass is 32.2. The van der Waals surface area contributed by atoms with Crippen LogP contribution in [-0.2, 0) is 0 Å². The van der Waals surface area contributed by atoms with Gasteiger partial charge in [0.1, 0.15) is 11.9 Å². The minimum atomic E-state index is -0.191. The first-order valence-electron chi connectivity index (χ1n) is 12.2. The maximum Gasteiger partial charge on any atom is 0.318 e. The number of aryl methyl sites for hydroxylation is 1. The molecule has 34 heavy (non-hydrogen) atoms. The van der Waals surface area contributed by atoms with E-state index in [2.05, 4.69) is 24.9 Å². The molecule has 2 saturated carbocycles. The van der Waals surface area contributed by atoms with Crippen molar-refractivity contribution in [3.8, 4) is 6.01 Å². The quantitative estimate of drug-likeness (QED) is 0.356. The molecule has 3 aliphatic rings. The number of aliphatic hydroxyl groups is 1. The summed E-state index contributed by atoms with van der Waals surface area (Å²) in [5.41, 5.74) is 3.79. The molecule has 1 aliphatic heterocycles. The Hall–Kier alpha value is -2.52. The molecule has 0 atom stereocenters. The number of benzene rings is 1. The SMILES string of the molecule is Cc1cc(NC(=O)c2ccc(NSCCO)cc2N2CCC3(CC2)CC3)nc(OC2CCC2)n1. The minimum Gasteiger partial charge on any atom is -0.460 e. The number of aliphatic hydroxyl groups excluding tert-OH is 1. The first kappa shape index (κ1) is 23.2. The standard InChI is InChI=1S/C25H33N5O3S/c1-17-15-22(28-24(26-17)33-19-3-2-4-19)27-23(32)20-6-5-18(29-34-14-13-31)16-21(20)30-11-9-25(7-8-25)10-12-30/h5-6,15-16,19,29,31H,2-4,7-14H2,1H3,(H,26,27,28,32). The van der Waals surface area contributed by atoms with E-state index in [9.17, 15) is 4.79 Å². The van der Waals surface area contributed by atoms with Crippen LogP contribution in [0.1, 0.15) is 61.0 Å². The number of rotatable bonds is 9. The van der Waals surface area contributed by atoms with E-state index in [1.165, 1.54) is 44.1 Å². The molecule has 9 heteroatoms. The van der Waals surface area contributed by atoms with Crippen molar-refractivity contribution in [3.63, 3.8) is 0 Å². The number of piperidine rings is 1. The zero-order valence-electron chi connectivity index (χ0n) is 19.7. The number of ether oxygens (including phenoxy) is 1. The highest BCUT2D eigenvalue weighted by Crippen LogP contribution is 2.54. The van der Waals surface area contributed by atoms with Crippen LogP contribution >= 0.6 is 11.9 Å². The number of carbonyl (C=O) groups is 1. The van der Waals surface area contributed by atoms with Crippen LogP contribution in [-0.4, -0.2) is 52.5 Å². The maximum atomic E-state index is 13.4. The van der Waals surface area contributed by atoms with Gasteiger partial charge in [-0.3, -0.25) is 4.79 Å². The molecule has 1 spiro atoms. The van der Waals surface area contributed by atoms with Gasteiger partial charge in [-0.05, 0) is 75.5 Å². The van der Waals surface area contributed by atoms with Crippen molar-refractivity contribution in [3.05, 3.63) is 35.5 Å². The van der Waals surface area contributed by atoms with Gasteiger partial charge in [-0.1, -0.05) is 11.9 Å². The Morgan fingerprint density at radius 2 is 2.00 bits per heavy atom. The molecule has 0 bridgehead atoms. The largest absolute Gasteiger partial charge is 0.460 e. The highest BCUT2D eigenvalue weighted by molar-refractivity contribution is 8.00. The molecule has 1 aromatic heterocycles. The van der Waals surface area contributed by atoms with Crippen molar-refractivity contribution in [1.82, 2.24) is 9.97 Å². The van der Waals surface area contributed by atoms with Gasteiger partial charge >= 0.3 is 6.01 Å². The lowest BCUT2D eigenvalue weighted by Gasteiger charge is -2.35. The van der Waals surface area contributed by atoms with E-state index >= 15 is 0 Å². The van der Waals surface area contributed by atoms with E-state index in [0.29, 0.717) is 28.6 Å². The summed E-state index contributed by atoms with van der Waals surface area (Å²) in [4.78, 5) is 24.5. The predicted molar refractivity (Wildman–Crippen MR) is 136 cm³/mol. The third-order valence-electron chi connectivity index (χ3n) is 7.15. The van der Waals surface area contributed by atoms with Crippen LogP contribution in [0, 0.1) is 12.3 Å². The topological polar surface area (TPSA) is 99.6 Å². The van der Waals surface area contributed by atoms with Crippen LogP contribution in [0.15, 0.2) is 24.3 Å². The van der Waals surface area contributed by atoms with Crippen molar-refractivity contribution in [2.24, 2.45) is 5.41 Å². The van der Waals surface area contributed by atoms with Crippen LogP contribution in [0.5, 0.6) is 6.01 Å². The molecular formula is C25H33N5O3S. The van der Waals surface area contributed by atoms with E-state index in [1.807, 2.05) is 25.1 Å². The molecular weight excluding hydrogens is 450 g/mol. The third kappa shape index (κ3) is 5.41. The first-order valence-corrected chi connectivity index (χ1v) is 13.2. The monoisotopic (exact) mass is 483 g/mol. The average molecular weight is 484 g/mol. The van der Waals surface area contributed by atoms with Crippen LogP contribution in [0.25, 0.3) is 0 Å². The number of amides is 1. The lowest BCUT2D eigenvalue weighted by Crippen LogP contribution is -2.35. The Kier molecular flexibility index (Phi) is 6.83. The highest BCUT2D eigenvalue weighted by Gasteiger charge is 2.44. The molecule has 3 N–H and O–H groups in total. The van der Waals surface area contributed by atoms with Gasteiger partial charge in [-0.15, -0.1) is 0 Å². The molecule has 5 rings (SSSR count). The van der Waals surface area contributed by atoms with Gasteiger partial charge in [0.2, 0.25) is 0 Å². The van der Waals surface area contributed by atoms with Crippen molar-refractivity contribution in [2.45, 2.75) is 58.0 Å². The van der Waals surface area contributed by atoms with Crippen molar-refractivity contribution < 1.29 is 14.6 Å². The summed E-state index contributed by atoms with van der Waals surface area (Å²) in [6.07, 6.45) is 8.43. The zero-order valence-corrected chi connectivity index (χ0v) is 20.5. The number of nitrogens with zero attached hydrogens (tertiary/aromatic N) is 3. The Balaban J connectivity index is 1.35. The first-order chi connectivity index (χ1) is 16.5. The molecule has 1 amide bonds. The molecule has 1 saturated heterocycles. The van der Waals surface area contributed by atoms with Crippen LogP contribution in [0.4, 0.5) is 17.2 Å². The Morgan fingerprint density at radius 3 is 2.68 bits per heavy atom. The molecule has 3 fully saturated rings. The van der Waals surface area contributed by atoms with Crippen molar-refractivity contribution in [1.29, 1.82) is 0 Å². The van der Waals surface area contributed by atoms with Gasteiger partial charge in [-0.2, -0.15) is 4.98 Å². The molecule has 2 aromatic rings. The second kappa shape index (κ2) is 10.00. The van der Waals surface area contributed by atoms with E-state index in [-0.39, 0.29) is 18.6 Å². The van der Waals surface area contributed by atoms with E-state index in [0.717, 1.165) is 43.0 Å². The Morgan fingerprint density at radius 1 is 1.21 bits per heavy atom. The fourth-order valence-electron chi connectivity index (χ4n) is 4.61. The summed E-state index contributed by atoms with van der Waals surface area (Å²) in [7, 11) is 0. The molecule has 0 radical (unpaired) electrons. The summed E-state index contributed by atoms with van der Waals surface area (Å²) >= 11 is 1.45. The maximum absolute atomic E-state index is 13.4. The number of aromatic nitrogens is 2. The van der Waals surface area contributed by atoms with Gasteiger partial charge < -0.3 is 24.8 Å². The lowest BCUT2D eigenvalue weighted by molar-refractivity contribution is 0.102. The fraction of sp³-hybridized carbons (Fsp3) is 0.560. The van der Waals surface area contributed by atoms with E-state index < -0.39 is 0 Å². The van der Waals surface area contributed by atoms with Crippen molar-refractivity contribution in [2.75, 3.05) is 40.4 Å². The van der Waals surface area contributed by atoms with E-state index in [1.54, 1.807) is 6.07 Å². The van der Waals surface area contributed by atoms with Crippen LogP contribution < -0.4 is 19.7 Å². The van der Waals surface area contributed by atoms with Gasteiger partial charge in [0, 0.05) is 36.3 Å². The zero-order chi connectivity index (χ0) is 23.5. The summed E-state index contributed by atoms with van der Waals surface area (Å²) in [5, 5.41) is 12.1. The third-order valence-corrected chi connectivity index (χ3v) is 7.91. The lowest BCUT2D eigenvalue weighted by atomic mass is 9.93. The number of hydrogen-bond donors (Lipinski definition) is 3. The molecule has 2 aliphatic carbocycles. The number of nitrogens with one attached hydrogen (secondary N) is 2. The molecule has 1 aromatic carbocycles. The van der Waals surface area contributed by atoms with Crippen LogP contribution in [0.3, 0.4) is 0 Å². The second-order valence-corrected chi connectivity index (χ2v) is 10.6. The summed E-state index contributed by atoms with van der Waals surface area (Å²) < 4.78 is 9.13. The number of carbonyl (C=O) groups excluding carboxylic acids is 1. The minimum absolute atomic E-state index is 0.115. The Labute approximate surface area is 205 Å². The smallest absolute Gasteiger partial charge is 0.318 e. The second-order valence-electron chi connectivity index (χ2n) is 9.70. The molecule has 182 valence electrons. The van der Waals surface area contributed by atoms with Gasteiger partial charge in [0.25, 0.3) is 5.91 Å².